The normalized spacial score (nSPS) is 25.4. The van der Waals surface area contributed by atoms with Crippen LogP contribution in [0.15, 0.2) is 24.3 Å². The molecule has 1 saturated heterocycles. The van der Waals surface area contributed by atoms with E-state index in [1.807, 2.05) is 4.90 Å². The first-order chi connectivity index (χ1) is 12.1. The summed E-state index contributed by atoms with van der Waals surface area (Å²) < 4.78 is 0. The van der Waals surface area contributed by atoms with E-state index in [1.54, 1.807) is 0 Å². The summed E-state index contributed by atoms with van der Waals surface area (Å²) in [5.41, 5.74) is 2.43. The van der Waals surface area contributed by atoms with E-state index in [9.17, 15) is 9.59 Å². The molecule has 25 heavy (non-hydrogen) atoms. The fourth-order valence-electron chi connectivity index (χ4n) is 4.42. The Morgan fingerprint density at radius 2 is 1.80 bits per heavy atom. The Morgan fingerprint density at radius 3 is 2.44 bits per heavy atom. The summed E-state index contributed by atoms with van der Waals surface area (Å²) in [5, 5.41) is 3.27. The molecule has 3 fully saturated rings. The lowest BCUT2D eigenvalue weighted by molar-refractivity contribution is -0.130. The van der Waals surface area contributed by atoms with Crippen LogP contribution < -0.4 is 5.32 Å². The number of carbonyl (C=O) groups excluding carboxylic acids is 2. The molecule has 0 spiro atoms. The van der Waals surface area contributed by atoms with Crippen LogP contribution in [-0.2, 0) is 9.59 Å². The number of carbonyl (C=O) groups is 2. The summed E-state index contributed by atoms with van der Waals surface area (Å²) in [5.74, 6) is 0.603. The van der Waals surface area contributed by atoms with E-state index < -0.39 is 0 Å². The lowest BCUT2D eigenvalue weighted by Crippen LogP contribution is -2.38. The van der Waals surface area contributed by atoms with Gasteiger partial charge >= 0.3 is 0 Å². The Kier molecular flexibility index (Phi) is 4.53. The predicted molar refractivity (Wildman–Crippen MR) is 96.9 cm³/mol. The van der Waals surface area contributed by atoms with Crippen molar-refractivity contribution < 1.29 is 9.59 Å². The van der Waals surface area contributed by atoms with Gasteiger partial charge in [0.15, 0.2) is 0 Å². The highest BCUT2D eigenvalue weighted by Gasteiger charge is 2.40. The molecule has 1 aromatic carbocycles. The van der Waals surface area contributed by atoms with E-state index >= 15 is 0 Å². The fourth-order valence-corrected chi connectivity index (χ4v) is 4.42. The molecular formula is C21H28N2O2. The number of amides is 2. The van der Waals surface area contributed by atoms with Gasteiger partial charge in [-0.2, -0.15) is 0 Å². The number of rotatable bonds is 5. The van der Waals surface area contributed by atoms with Crippen LogP contribution in [0.1, 0.15) is 62.1 Å². The van der Waals surface area contributed by atoms with E-state index in [1.165, 1.54) is 36.8 Å². The van der Waals surface area contributed by atoms with Crippen LogP contribution >= 0.6 is 0 Å². The van der Waals surface area contributed by atoms with Gasteiger partial charge in [0.1, 0.15) is 0 Å². The van der Waals surface area contributed by atoms with Crippen molar-refractivity contribution in [1.82, 2.24) is 10.2 Å². The number of nitrogens with zero attached hydrogens (tertiary/aromatic N) is 1. The number of likely N-dealkylation sites (tertiary alicyclic amines) is 1. The van der Waals surface area contributed by atoms with Gasteiger partial charge in [-0.15, -0.1) is 0 Å². The first kappa shape index (κ1) is 16.6. The van der Waals surface area contributed by atoms with Crippen molar-refractivity contribution in [3.63, 3.8) is 0 Å². The molecular weight excluding hydrogens is 312 g/mol. The Balaban J connectivity index is 1.41. The number of hydrogen-bond donors (Lipinski definition) is 1. The molecule has 1 aliphatic heterocycles. The van der Waals surface area contributed by atoms with Gasteiger partial charge in [0.2, 0.25) is 11.8 Å². The minimum Gasteiger partial charge on any atom is -0.349 e. The van der Waals surface area contributed by atoms with Gasteiger partial charge in [0.05, 0.1) is 12.0 Å². The lowest BCUT2D eigenvalue weighted by Gasteiger charge is -2.25. The van der Waals surface area contributed by atoms with Crippen LogP contribution in [0, 0.1) is 18.8 Å². The third-order valence-corrected chi connectivity index (χ3v) is 6.12. The van der Waals surface area contributed by atoms with Gasteiger partial charge in [-0.25, -0.2) is 0 Å². The second-order valence-corrected chi connectivity index (χ2v) is 8.12. The summed E-state index contributed by atoms with van der Waals surface area (Å²) in [6, 6.07) is 8.95. The Labute approximate surface area is 150 Å². The molecule has 0 aromatic heterocycles. The summed E-state index contributed by atoms with van der Waals surface area (Å²) in [6.45, 7) is 2.69. The molecule has 1 heterocycles. The van der Waals surface area contributed by atoms with Crippen molar-refractivity contribution in [3.05, 3.63) is 35.4 Å². The van der Waals surface area contributed by atoms with Crippen LogP contribution in [0.4, 0.5) is 0 Å². The number of nitrogens with one attached hydrogen (secondary N) is 1. The van der Waals surface area contributed by atoms with Crippen LogP contribution in [0.5, 0.6) is 0 Å². The van der Waals surface area contributed by atoms with Crippen molar-refractivity contribution in [1.29, 1.82) is 0 Å². The van der Waals surface area contributed by atoms with E-state index in [0.29, 0.717) is 24.9 Å². The fraction of sp³-hybridized carbons (Fsp3) is 0.619. The average molecular weight is 340 g/mol. The molecule has 1 aromatic rings. The Hall–Kier alpha value is -1.84. The summed E-state index contributed by atoms with van der Waals surface area (Å²) in [6.07, 6.45) is 7.37. The highest BCUT2D eigenvalue weighted by Crippen LogP contribution is 2.41. The maximum Gasteiger partial charge on any atom is 0.225 e. The molecule has 2 aliphatic carbocycles. The topological polar surface area (TPSA) is 49.4 Å². The van der Waals surface area contributed by atoms with Gasteiger partial charge in [0, 0.05) is 19.0 Å². The lowest BCUT2D eigenvalue weighted by atomic mass is 9.99. The zero-order valence-corrected chi connectivity index (χ0v) is 15.0. The van der Waals surface area contributed by atoms with Gasteiger partial charge in [-0.05, 0) is 44.1 Å². The molecule has 0 bridgehead atoms. The van der Waals surface area contributed by atoms with Crippen molar-refractivity contribution in [2.75, 3.05) is 6.54 Å². The van der Waals surface area contributed by atoms with Crippen LogP contribution in [0.25, 0.3) is 0 Å². The first-order valence-electron chi connectivity index (χ1n) is 9.78. The molecule has 134 valence electrons. The molecule has 0 unspecified atom stereocenters. The molecule has 4 nitrogen and oxygen atoms in total. The first-order valence-corrected chi connectivity index (χ1v) is 9.78. The highest BCUT2D eigenvalue weighted by molar-refractivity contribution is 5.89. The maximum absolute atomic E-state index is 12.8. The monoisotopic (exact) mass is 340 g/mol. The SMILES string of the molecule is Cc1ccc([C@H](NC(=O)[C@@H]2CC(=O)N(C3CCCC3)C2)C2CC2)cc1. The molecule has 3 aliphatic rings. The smallest absolute Gasteiger partial charge is 0.225 e. The van der Waals surface area contributed by atoms with Crippen LogP contribution in [-0.4, -0.2) is 29.3 Å². The highest BCUT2D eigenvalue weighted by atomic mass is 16.2. The van der Waals surface area contributed by atoms with Gasteiger partial charge in [-0.3, -0.25) is 9.59 Å². The van der Waals surface area contributed by atoms with Crippen LogP contribution in [0.3, 0.4) is 0 Å². The zero-order valence-electron chi connectivity index (χ0n) is 15.0. The van der Waals surface area contributed by atoms with Gasteiger partial charge in [-0.1, -0.05) is 42.7 Å². The molecule has 4 heteroatoms. The van der Waals surface area contributed by atoms with Crippen LogP contribution in [0.2, 0.25) is 0 Å². The van der Waals surface area contributed by atoms with Gasteiger partial charge < -0.3 is 10.2 Å². The number of hydrogen-bond acceptors (Lipinski definition) is 2. The van der Waals surface area contributed by atoms with E-state index in [-0.39, 0.29) is 23.8 Å². The van der Waals surface area contributed by atoms with Gasteiger partial charge in [0.25, 0.3) is 0 Å². The number of aryl methyl sites for hydroxylation is 1. The molecule has 2 saturated carbocycles. The zero-order chi connectivity index (χ0) is 17.4. The maximum atomic E-state index is 12.8. The van der Waals surface area contributed by atoms with Crippen molar-refractivity contribution in [2.45, 2.75) is 64.0 Å². The van der Waals surface area contributed by atoms with E-state index in [0.717, 1.165) is 12.8 Å². The quantitative estimate of drug-likeness (QED) is 0.893. The third kappa shape index (κ3) is 3.58. The minimum atomic E-state index is -0.181. The molecule has 2 atom stereocenters. The minimum absolute atomic E-state index is 0.0614. The largest absolute Gasteiger partial charge is 0.349 e. The van der Waals surface area contributed by atoms with E-state index in [2.05, 4.69) is 36.5 Å². The second-order valence-electron chi connectivity index (χ2n) is 8.12. The van der Waals surface area contributed by atoms with Crippen molar-refractivity contribution in [3.8, 4) is 0 Å². The molecule has 2 amide bonds. The Morgan fingerprint density at radius 1 is 1.12 bits per heavy atom. The summed E-state index contributed by atoms with van der Waals surface area (Å²) in [4.78, 5) is 27.2. The molecule has 4 rings (SSSR count). The van der Waals surface area contributed by atoms with E-state index in [4.69, 9.17) is 0 Å². The molecule has 1 N–H and O–H groups in total. The predicted octanol–water partition coefficient (Wildman–Crippen LogP) is 3.35. The standard InChI is InChI=1S/C21H28N2O2/c1-14-6-8-15(9-7-14)20(16-10-11-16)22-21(25)17-12-19(24)23(13-17)18-4-2-3-5-18/h6-9,16-18,20H,2-5,10-13H2,1H3,(H,22,25)/t17-,20+/m1/s1. The Bertz CT molecular complexity index is 644. The number of benzene rings is 1. The van der Waals surface area contributed by atoms with Crippen molar-refractivity contribution in [2.24, 2.45) is 11.8 Å². The molecule has 0 radical (unpaired) electrons. The third-order valence-electron chi connectivity index (χ3n) is 6.12. The van der Waals surface area contributed by atoms with Crippen molar-refractivity contribution >= 4 is 11.8 Å². The summed E-state index contributed by atoms with van der Waals surface area (Å²) in [7, 11) is 0. The summed E-state index contributed by atoms with van der Waals surface area (Å²) >= 11 is 0. The average Bonchev–Trinajstić information content (AvgIpc) is 3.14. The second kappa shape index (κ2) is 6.81.